The lowest BCUT2D eigenvalue weighted by molar-refractivity contribution is 0.0508. The second-order valence-electron chi connectivity index (χ2n) is 3.76. The Hall–Kier alpha value is -2.36. The molecule has 0 bridgehead atoms. The molecule has 18 heavy (non-hydrogen) atoms. The minimum atomic E-state index is -0.407. The Labute approximate surface area is 104 Å². The number of benzene rings is 1. The van der Waals surface area contributed by atoms with Crippen molar-refractivity contribution < 1.29 is 18.7 Å². The first-order chi connectivity index (χ1) is 8.79. The second kappa shape index (κ2) is 5.82. The molecule has 0 N–H and O–H groups in total. The molecule has 4 nitrogen and oxygen atoms in total. The smallest absolute Gasteiger partial charge is 0.341 e. The monoisotopic (exact) mass is 244 g/mol. The first-order valence-corrected chi connectivity index (χ1v) is 5.53. The fourth-order valence-electron chi connectivity index (χ4n) is 1.55. The van der Waals surface area contributed by atoms with Crippen molar-refractivity contribution in [1.82, 2.24) is 0 Å². The van der Waals surface area contributed by atoms with E-state index in [-0.39, 0.29) is 6.61 Å². The van der Waals surface area contributed by atoms with Gasteiger partial charge in [-0.3, -0.25) is 4.79 Å². The Morgan fingerprint density at radius 1 is 1.33 bits per heavy atom. The van der Waals surface area contributed by atoms with Crippen LogP contribution in [0.25, 0.3) is 0 Å². The van der Waals surface area contributed by atoms with Crippen LogP contribution in [0.2, 0.25) is 0 Å². The predicted octanol–water partition coefficient (Wildman–Crippen LogP) is 2.49. The highest BCUT2D eigenvalue weighted by Crippen LogP contribution is 2.06. The van der Waals surface area contributed by atoms with Gasteiger partial charge in [-0.25, -0.2) is 4.79 Å². The van der Waals surface area contributed by atoms with Gasteiger partial charge in [0.2, 0.25) is 0 Å². The van der Waals surface area contributed by atoms with Crippen molar-refractivity contribution in [2.75, 3.05) is 6.61 Å². The van der Waals surface area contributed by atoms with Crippen molar-refractivity contribution in [2.24, 2.45) is 0 Å². The van der Waals surface area contributed by atoms with Gasteiger partial charge < -0.3 is 9.15 Å². The van der Waals surface area contributed by atoms with E-state index in [1.54, 1.807) is 24.3 Å². The molecular formula is C14H12O4. The maximum atomic E-state index is 11.5. The van der Waals surface area contributed by atoms with Crippen molar-refractivity contribution in [3.63, 3.8) is 0 Å². The van der Waals surface area contributed by atoms with E-state index in [4.69, 9.17) is 9.15 Å². The maximum Gasteiger partial charge on any atom is 0.341 e. The molecule has 0 fully saturated rings. The number of carbonyl (C=O) groups is 2. The van der Waals surface area contributed by atoms with Crippen LogP contribution in [-0.4, -0.2) is 18.9 Å². The topological polar surface area (TPSA) is 56.5 Å². The summed E-state index contributed by atoms with van der Waals surface area (Å²) in [5.74, 6) is -0.407. The van der Waals surface area contributed by atoms with Crippen LogP contribution in [0.1, 0.15) is 26.3 Å². The van der Waals surface area contributed by atoms with Crippen molar-refractivity contribution in [1.29, 1.82) is 0 Å². The summed E-state index contributed by atoms with van der Waals surface area (Å²) >= 11 is 0. The van der Waals surface area contributed by atoms with E-state index >= 15 is 0 Å². The Morgan fingerprint density at radius 3 is 2.94 bits per heavy atom. The van der Waals surface area contributed by atoms with Gasteiger partial charge in [-0.05, 0) is 17.7 Å². The normalized spacial score (nSPS) is 10.0. The number of aldehydes is 1. The summed E-state index contributed by atoms with van der Waals surface area (Å²) in [5, 5.41) is 0. The molecule has 0 amide bonds. The van der Waals surface area contributed by atoms with E-state index in [0.29, 0.717) is 17.5 Å². The van der Waals surface area contributed by atoms with Crippen molar-refractivity contribution in [3.05, 3.63) is 59.5 Å². The van der Waals surface area contributed by atoms with E-state index in [1.807, 2.05) is 6.07 Å². The second-order valence-corrected chi connectivity index (χ2v) is 3.76. The van der Waals surface area contributed by atoms with E-state index in [2.05, 4.69) is 0 Å². The third kappa shape index (κ3) is 3.07. The Morgan fingerprint density at radius 2 is 2.22 bits per heavy atom. The number of hydrogen-bond acceptors (Lipinski definition) is 4. The standard InChI is InChI=1S/C14H12O4/c15-9-12-3-1-2-11(8-12)4-7-18-14(16)13-5-6-17-10-13/h1-3,5-6,8-10H,4,7H2. The van der Waals surface area contributed by atoms with Crippen LogP contribution in [0.4, 0.5) is 0 Å². The number of hydrogen-bond donors (Lipinski definition) is 0. The molecular weight excluding hydrogens is 232 g/mol. The molecule has 0 spiro atoms. The van der Waals surface area contributed by atoms with Crippen LogP contribution in [-0.2, 0) is 11.2 Å². The molecule has 0 radical (unpaired) electrons. The summed E-state index contributed by atoms with van der Waals surface area (Å²) in [6.45, 7) is 0.270. The van der Waals surface area contributed by atoms with Crippen LogP contribution < -0.4 is 0 Å². The third-order valence-corrected chi connectivity index (χ3v) is 2.47. The van der Waals surface area contributed by atoms with E-state index < -0.39 is 5.97 Å². The molecule has 0 aliphatic rings. The fraction of sp³-hybridized carbons (Fsp3) is 0.143. The summed E-state index contributed by atoms with van der Waals surface area (Å²) in [4.78, 5) is 22.1. The van der Waals surface area contributed by atoms with Gasteiger partial charge in [0.1, 0.15) is 12.5 Å². The molecule has 1 aromatic carbocycles. The number of esters is 1. The molecule has 0 unspecified atom stereocenters. The van der Waals surface area contributed by atoms with E-state index in [9.17, 15) is 9.59 Å². The number of carbonyl (C=O) groups excluding carboxylic acids is 2. The van der Waals surface area contributed by atoms with Crippen molar-refractivity contribution >= 4 is 12.3 Å². The lowest BCUT2D eigenvalue weighted by Crippen LogP contribution is -2.07. The molecule has 4 heteroatoms. The van der Waals surface area contributed by atoms with Crippen LogP contribution in [0.15, 0.2) is 47.3 Å². The highest BCUT2D eigenvalue weighted by Gasteiger charge is 2.07. The average molecular weight is 244 g/mol. The zero-order valence-corrected chi connectivity index (χ0v) is 9.67. The van der Waals surface area contributed by atoms with E-state index in [0.717, 1.165) is 11.8 Å². The molecule has 2 rings (SSSR count). The van der Waals surface area contributed by atoms with Crippen LogP contribution in [0, 0.1) is 0 Å². The molecule has 0 aliphatic heterocycles. The summed E-state index contributed by atoms with van der Waals surface area (Å²) in [6.07, 6.45) is 4.13. The lowest BCUT2D eigenvalue weighted by atomic mass is 10.1. The van der Waals surface area contributed by atoms with Crippen molar-refractivity contribution in [2.45, 2.75) is 6.42 Å². The summed E-state index contributed by atoms with van der Waals surface area (Å²) in [5.41, 5.74) is 1.98. The van der Waals surface area contributed by atoms with Gasteiger partial charge in [0.15, 0.2) is 0 Å². The zero-order chi connectivity index (χ0) is 12.8. The van der Waals surface area contributed by atoms with Gasteiger partial charge in [-0.15, -0.1) is 0 Å². The summed E-state index contributed by atoms with van der Waals surface area (Å²) in [7, 11) is 0. The molecule has 0 saturated carbocycles. The van der Waals surface area contributed by atoms with Crippen LogP contribution in [0.3, 0.4) is 0 Å². The third-order valence-electron chi connectivity index (χ3n) is 2.47. The number of ether oxygens (including phenoxy) is 1. The Bertz CT molecular complexity index is 528. The number of rotatable bonds is 5. The molecule has 0 atom stereocenters. The van der Waals surface area contributed by atoms with Gasteiger partial charge in [-0.2, -0.15) is 0 Å². The van der Waals surface area contributed by atoms with Gasteiger partial charge >= 0.3 is 5.97 Å². The van der Waals surface area contributed by atoms with Gasteiger partial charge in [0, 0.05) is 12.0 Å². The van der Waals surface area contributed by atoms with Gasteiger partial charge in [-0.1, -0.05) is 18.2 Å². The minimum Gasteiger partial charge on any atom is -0.472 e. The molecule has 0 saturated heterocycles. The van der Waals surface area contributed by atoms with Crippen LogP contribution in [0.5, 0.6) is 0 Å². The molecule has 2 aromatic rings. The number of furan rings is 1. The summed E-state index contributed by atoms with van der Waals surface area (Å²) in [6, 6.07) is 8.75. The van der Waals surface area contributed by atoms with E-state index in [1.165, 1.54) is 12.5 Å². The SMILES string of the molecule is O=Cc1cccc(CCOC(=O)c2ccoc2)c1. The zero-order valence-electron chi connectivity index (χ0n) is 9.67. The molecule has 1 aromatic heterocycles. The largest absolute Gasteiger partial charge is 0.472 e. The first-order valence-electron chi connectivity index (χ1n) is 5.53. The Kier molecular flexibility index (Phi) is 3.91. The minimum absolute atomic E-state index is 0.270. The first kappa shape index (κ1) is 12.1. The quantitative estimate of drug-likeness (QED) is 0.599. The molecule has 1 heterocycles. The summed E-state index contributed by atoms with van der Waals surface area (Å²) < 4.78 is 9.87. The maximum absolute atomic E-state index is 11.5. The average Bonchev–Trinajstić information content (AvgIpc) is 2.93. The highest BCUT2D eigenvalue weighted by atomic mass is 16.5. The lowest BCUT2D eigenvalue weighted by Gasteiger charge is -2.04. The van der Waals surface area contributed by atoms with Crippen molar-refractivity contribution in [3.8, 4) is 0 Å². The highest BCUT2D eigenvalue weighted by molar-refractivity contribution is 5.88. The predicted molar refractivity (Wildman–Crippen MR) is 64.5 cm³/mol. The molecule has 92 valence electrons. The molecule has 0 aliphatic carbocycles. The Balaban J connectivity index is 1.85. The van der Waals surface area contributed by atoms with Crippen LogP contribution >= 0.6 is 0 Å². The fourth-order valence-corrected chi connectivity index (χ4v) is 1.55. The van der Waals surface area contributed by atoms with Gasteiger partial charge in [0.25, 0.3) is 0 Å². The van der Waals surface area contributed by atoms with Gasteiger partial charge in [0.05, 0.1) is 18.4 Å².